The number of carbonyl (C=O) groups is 1. The molecular weight excluding hydrogens is 254 g/mol. The van der Waals surface area contributed by atoms with E-state index in [1.165, 1.54) is 0 Å². The van der Waals surface area contributed by atoms with Crippen LogP contribution in [0.3, 0.4) is 0 Å². The second-order valence-electron chi connectivity index (χ2n) is 5.01. The van der Waals surface area contributed by atoms with E-state index in [1.807, 2.05) is 50.2 Å². The number of aryl methyl sites for hydroxylation is 2. The van der Waals surface area contributed by atoms with Gasteiger partial charge in [-0.05, 0) is 24.6 Å². The van der Waals surface area contributed by atoms with Crippen LogP contribution in [0.25, 0.3) is 11.1 Å². The number of aromatic amines is 1. The number of hydrogen-bond acceptors (Lipinski definition) is 3. The van der Waals surface area contributed by atoms with Gasteiger partial charge in [-0.3, -0.25) is 9.89 Å². The van der Waals surface area contributed by atoms with Crippen molar-refractivity contribution < 1.29 is 9.90 Å². The minimum absolute atomic E-state index is 0.0904. The maximum atomic E-state index is 10.7. The molecular formula is C15H19N3O2. The predicted molar refractivity (Wildman–Crippen MR) is 79.0 cm³/mol. The summed E-state index contributed by atoms with van der Waals surface area (Å²) < 4.78 is 0. The van der Waals surface area contributed by atoms with Gasteiger partial charge in [0.1, 0.15) is 0 Å². The number of aliphatic carboxylic acids is 1. The quantitative estimate of drug-likeness (QED) is 0.878. The summed E-state index contributed by atoms with van der Waals surface area (Å²) in [6.45, 7) is 1.95. The largest absolute Gasteiger partial charge is 0.481 e. The zero-order valence-corrected chi connectivity index (χ0v) is 12.0. The standard InChI is InChI=1S/C15H19N3O2/c1-10-15(13(17-16-10)8-9-14(19)20)11-4-6-12(7-5-11)18(2)3/h4-7H,8-9H2,1-3H3,(H,16,17)(H,19,20). The van der Waals surface area contributed by atoms with Gasteiger partial charge in [-0.25, -0.2) is 0 Å². The van der Waals surface area contributed by atoms with Gasteiger partial charge in [-0.1, -0.05) is 12.1 Å². The van der Waals surface area contributed by atoms with Gasteiger partial charge >= 0.3 is 5.97 Å². The molecule has 20 heavy (non-hydrogen) atoms. The van der Waals surface area contributed by atoms with Crippen molar-refractivity contribution in [3.63, 3.8) is 0 Å². The van der Waals surface area contributed by atoms with Crippen LogP contribution < -0.4 is 4.90 Å². The first-order chi connectivity index (χ1) is 9.49. The Bertz CT molecular complexity index is 600. The van der Waals surface area contributed by atoms with Crippen molar-refractivity contribution >= 4 is 11.7 Å². The van der Waals surface area contributed by atoms with Crippen LogP contribution in [0.15, 0.2) is 24.3 Å². The molecule has 5 nitrogen and oxygen atoms in total. The molecule has 0 aliphatic carbocycles. The van der Waals surface area contributed by atoms with Crippen LogP contribution in [0.2, 0.25) is 0 Å². The maximum Gasteiger partial charge on any atom is 0.303 e. The molecule has 0 fully saturated rings. The monoisotopic (exact) mass is 273 g/mol. The van der Waals surface area contributed by atoms with E-state index in [0.717, 1.165) is 28.2 Å². The highest BCUT2D eigenvalue weighted by Crippen LogP contribution is 2.28. The number of nitrogens with one attached hydrogen (secondary N) is 1. The van der Waals surface area contributed by atoms with Crippen LogP contribution in [-0.2, 0) is 11.2 Å². The summed E-state index contributed by atoms with van der Waals surface area (Å²) in [7, 11) is 3.99. The number of H-pyrrole nitrogens is 1. The van der Waals surface area contributed by atoms with E-state index in [1.54, 1.807) is 0 Å². The molecule has 0 unspecified atom stereocenters. The van der Waals surface area contributed by atoms with Crippen molar-refractivity contribution in [2.45, 2.75) is 19.8 Å². The molecule has 2 N–H and O–H groups in total. The first kappa shape index (κ1) is 14.1. The fourth-order valence-corrected chi connectivity index (χ4v) is 2.20. The Morgan fingerprint density at radius 1 is 1.30 bits per heavy atom. The molecule has 0 atom stereocenters. The maximum absolute atomic E-state index is 10.7. The minimum Gasteiger partial charge on any atom is -0.481 e. The van der Waals surface area contributed by atoms with Gasteiger partial charge in [0, 0.05) is 37.5 Å². The second kappa shape index (κ2) is 5.77. The molecule has 5 heteroatoms. The lowest BCUT2D eigenvalue weighted by molar-refractivity contribution is -0.136. The van der Waals surface area contributed by atoms with Gasteiger partial charge in [0.15, 0.2) is 0 Å². The number of carboxylic acids is 1. The van der Waals surface area contributed by atoms with Crippen molar-refractivity contribution in [3.05, 3.63) is 35.7 Å². The molecule has 0 amide bonds. The highest BCUT2D eigenvalue weighted by molar-refractivity contribution is 5.72. The number of hydrogen-bond donors (Lipinski definition) is 2. The van der Waals surface area contributed by atoms with Gasteiger partial charge in [-0.15, -0.1) is 0 Å². The number of aromatic nitrogens is 2. The topological polar surface area (TPSA) is 69.2 Å². The Morgan fingerprint density at radius 3 is 2.50 bits per heavy atom. The Balaban J connectivity index is 2.31. The lowest BCUT2D eigenvalue weighted by Crippen LogP contribution is -2.08. The first-order valence-electron chi connectivity index (χ1n) is 6.52. The molecule has 1 heterocycles. The number of benzene rings is 1. The molecule has 0 bridgehead atoms. The van der Waals surface area contributed by atoms with Crippen molar-refractivity contribution in [1.82, 2.24) is 10.2 Å². The Labute approximate surface area is 118 Å². The normalized spacial score (nSPS) is 10.6. The number of nitrogens with zero attached hydrogens (tertiary/aromatic N) is 2. The summed E-state index contributed by atoms with van der Waals surface area (Å²) in [5.74, 6) is -0.806. The van der Waals surface area contributed by atoms with Crippen molar-refractivity contribution in [1.29, 1.82) is 0 Å². The molecule has 2 rings (SSSR count). The first-order valence-corrected chi connectivity index (χ1v) is 6.52. The Morgan fingerprint density at radius 2 is 1.95 bits per heavy atom. The van der Waals surface area contributed by atoms with Crippen LogP contribution in [0, 0.1) is 6.92 Å². The van der Waals surface area contributed by atoms with E-state index in [9.17, 15) is 4.79 Å². The molecule has 0 spiro atoms. The Kier molecular flexibility index (Phi) is 4.08. The smallest absolute Gasteiger partial charge is 0.303 e. The van der Waals surface area contributed by atoms with E-state index in [2.05, 4.69) is 10.2 Å². The lowest BCUT2D eigenvalue weighted by Gasteiger charge is -2.13. The third-order valence-corrected chi connectivity index (χ3v) is 3.27. The van der Waals surface area contributed by atoms with Gasteiger partial charge in [0.2, 0.25) is 0 Å². The van der Waals surface area contributed by atoms with E-state index in [0.29, 0.717) is 6.42 Å². The predicted octanol–water partition coefficient (Wildman–Crippen LogP) is 2.47. The van der Waals surface area contributed by atoms with Crippen LogP contribution >= 0.6 is 0 Å². The average molecular weight is 273 g/mol. The van der Waals surface area contributed by atoms with Crippen molar-refractivity contribution in [2.75, 3.05) is 19.0 Å². The van der Waals surface area contributed by atoms with Crippen molar-refractivity contribution in [3.8, 4) is 11.1 Å². The van der Waals surface area contributed by atoms with Gasteiger partial charge < -0.3 is 10.0 Å². The molecule has 0 radical (unpaired) electrons. The Hall–Kier alpha value is -2.30. The number of carboxylic acid groups (broad SMARTS) is 1. The second-order valence-corrected chi connectivity index (χ2v) is 5.01. The molecule has 2 aromatic rings. The fraction of sp³-hybridized carbons (Fsp3) is 0.333. The summed E-state index contributed by atoms with van der Waals surface area (Å²) in [6.07, 6.45) is 0.525. The third-order valence-electron chi connectivity index (χ3n) is 3.27. The van der Waals surface area contributed by atoms with Crippen LogP contribution in [0.4, 0.5) is 5.69 Å². The highest BCUT2D eigenvalue weighted by atomic mass is 16.4. The van der Waals surface area contributed by atoms with Crippen LogP contribution in [0.5, 0.6) is 0 Å². The summed E-state index contributed by atoms with van der Waals surface area (Å²) in [6, 6.07) is 8.17. The van der Waals surface area contributed by atoms with Crippen molar-refractivity contribution in [2.24, 2.45) is 0 Å². The van der Waals surface area contributed by atoms with Gasteiger partial charge in [0.05, 0.1) is 12.1 Å². The van der Waals surface area contributed by atoms with Crippen LogP contribution in [-0.4, -0.2) is 35.4 Å². The molecule has 0 saturated carbocycles. The van der Waals surface area contributed by atoms with E-state index in [4.69, 9.17) is 5.11 Å². The third kappa shape index (κ3) is 2.99. The van der Waals surface area contributed by atoms with Gasteiger partial charge in [-0.2, -0.15) is 5.10 Å². The number of rotatable bonds is 5. The molecule has 0 saturated heterocycles. The zero-order valence-electron chi connectivity index (χ0n) is 12.0. The molecule has 1 aromatic carbocycles. The molecule has 106 valence electrons. The summed E-state index contributed by atoms with van der Waals surface area (Å²) in [4.78, 5) is 12.7. The van der Waals surface area contributed by atoms with E-state index >= 15 is 0 Å². The number of anilines is 1. The molecule has 0 aliphatic rings. The van der Waals surface area contributed by atoms with E-state index < -0.39 is 5.97 Å². The van der Waals surface area contributed by atoms with E-state index in [-0.39, 0.29) is 6.42 Å². The lowest BCUT2D eigenvalue weighted by atomic mass is 10.0. The fourth-order valence-electron chi connectivity index (χ4n) is 2.20. The molecule has 1 aromatic heterocycles. The zero-order chi connectivity index (χ0) is 14.7. The summed E-state index contributed by atoms with van der Waals surface area (Å²) >= 11 is 0. The molecule has 0 aliphatic heterocycles. The highest BCUT2D eigenvalue weighted by Gasteiger charge is 2.13. The van der Waals surface area contributed by atoms with Crippen LogP contribution in [0.1, 0.15) is 17.8 Å². The average Bonchev–Trinajstić information content (AvgIpc) is 2.77. The summed E-state index contributed by atoms with van der Waals surface area (Å²) in [5.41, 5.74) is 4.96. The summed E-state index contributed by atoms with van der Waals surface area (Å²) in [5, 5.41) is 16.0. The minimum atomic E-state index is -0.806. The van der Waals surface area contributed by atoms with Gasteiger partial charge in [0.25, 0.3) is 0 Å². The SMILES string of the molecule is Cc1[nH]nc(CCC(=O)O)c1-c1ccc(N(C)C)cc1.